The number of rotatable bonds is 3. The second kappa shape index (κ2) is 8.88. The van der Waals surface area contributed by atoms with Crippen LogP contribution >= 0.6 is 23.2 Å². The smallest absolute Gasteiger partial charge is 0.286 e. The van der Waals surface area contributed by atoms with Gasteiger partial charge in [-0.15, -0.1) is 0 Å². The monoisotopic (exact) mass is 550 g/mol. The van der Waals surface area contributed by atoms with Gasteiger partial charge >= 0.3 is 0 Å². The standard InChI is InChI=1S/C23H16Cl2N2O2.HI/c1-13-9-14(2)12-27(11-13)21-20(26-15-7-8-18(24)19(25)10-15)22(28)16-5-3-4-6-17(16)23(21)29;/h3-12H,1-2H3;1H. The molecule has 1 aliphatic rings. The lowest BCUT2D eigenvalue weighted by Gasteiger charge is -2.19. The van der Waals surface area contributed by atoms with Crippen molar-refractivity contribution in [2.45, 2.75) is 13.8 Å². The topological polar surface area (TPSA) is 50.1 Å². The van der Waals surface area contributed by atoms with E-state index in [1.165, 1.54) is 0 Å². The quantitative estimate of drug-likeness (QED) is 0.402. The van der Waals surface area contributed by atoms with Crippen LogP contribution in [0.2, 0.25) is 10.0 Å². The Morgan fingerprint density at radius 1 is 0.800 bits per heavy atom. The molecule has 3 aromatic rings. The Morgan fingerprint density at radius 3 is 2.00 bits per heavy atom. The van der Waals surface area contributed by atoms with Gasteiger partial charge in [-0.25, -0.2) is 0 Å². The molecule has 0 atom stereocenters. The Labute approximate surface area is 201 Å². The number of allylic oxidation sites excluding steroid dienone is 2. The van der Waals surface area contributed by atoms with Gasteiger partial charge in [0.25, 0.3) is 11.5 Å². The number of ketones is 2. The molecule has 0 fully saturated rings. The normalized spacial score (nSPS) is 13.1. The third-order valence-electron chi connectivity index (χ3n) is 4.68. The van der Waals surface area contributed by atoms with Crippen molar-refractivity contribution in [1.29, 1.82) is 0 Å². The third-order valence-corrected chi connectivity index (χ3v) is 5.42. The summed E-state index contributed by atoms with van der Waals surface area (Å²) >= 11 is 12.1. The van der Waals surface area contributed by atoms with Gasteiger partial charge in [0, 0.05) is 27.9 Å². The maximum atomic E-state index is 13.4. The molecule has 0 spiro atoms. The van der Waals surface area contributed by atoms with E-state index in [1.54, 1.807) is 47.0 Å². The number of aryl methyl sites for hydroxylation is 2. The van der Waals surface area contributed by atoms with Crippen LogP contribution in [0.15, 0.2) is 66.6 Å². The molecule has 7 heteroatoms. The first-order chi connectivity index (χ1) is 13.8. The molecule has 0 aliphatic heterocycles. The van der Waals surface area contributed by atoms with Crippen LogP contribution in [0.25, 0.3) is 5.70 Å². The highest BCUT2D eigenvalue weighted by molar-refractivity contribution is 6.42. The maximum Gasteiger partial charge on any atom is 0.286 e. The number of halogens is 3. The van der Waals surface area contributed by atoms with Gasteiger partial charge < -0.3 is 29.3 Å². The highest BCUT2D eigenvalue weighted by Crippen LogP contribution is 2.30. The Hall–Kier alpha value is -2.22. The van der Waals surface area contributed by atoms with E-state index in [-0.39, 0.29) is 46.9 Å². The Kier molecular flexibility index (Phi) is 6.65. The number of hydrogen-bond donors (Lipinski definition) is 1. The van der Waals surface area contributed by atoms with Crippen LogP contribution in [0.1, 0.15) is 31.8 Å². The van der Waals surface area contributed by atoms with Crippen LogP contribution in [-0.4, -0.2) is 11.6 Å². The van der Waals surface area contributed by atoms with Gasteiger partial charge in [-0.1, -0.05) is 47.5 Å². The molecule has 0 amide bonds. The summed E-state index contributed by atoms with van der Waals surface area (Å²) in [7, 11) is 0. The number of carbonyl (C=O) groups is 2. The summed E-state index contributed by atoms with van der Waals surface area (Å²) < 4.78 is 1.71. The molecular formula is C23H17Cl2IN2O2. The van der Waals surface area contributed by atoms with Gasteiger partial charge in [0.05, 0.1) is 10.0 Å². The van der Waals surface area contributed by atoms with Crippen molar-refractivity contribution in [3.63, 3.8) is 0 Å². The molecule has 0 saturated heterocycles. The first kappa shape index (κ1) is 22.5. The zero-order valence-electron chi connectivity index (χ0n) is 16.2. The van der Waals surface area contributed by atoms with Crippen molar-refractivity contribution in [3.05, 3.63) is 98.9 Å². The van der Waals surface area contributed by atoms with Gasteiger partial charge in [0.15, 0.2) is 18.1 Å². The highest BCUT2D eigenvalue weighted by Gasteiger charge is 2.38. The number of aromatic nitrogens is 1. The van der Waals surface area contributed by atoms with Crippen molar-refractivity contribution >= 4 is 46.2 Å². The van der Waals surface area contributed by atoms with E-state index in [2.05, 4.69) is 5.32 Å². The SMILES string of the molecule is Cc1cc(C)c[n+](C2=C(Nc3ccc(Cl)c(Cl)c3)C(=O)c3ccccc3C2=O)c1.[I-]. The van der Waals surface area contributed by atoms with Crippen LogP contribution in [-0.2, 0) is 0 Å². The molecule has 1 aliphatic carbocycles. The molecule has 152 valence electrons. The lowest BCUT2D eigenvalue weighted by molar-refractivity contribution is -0.578. The van der Waals surface area contributed by atoms with E-state index in [0.717, 1.165) is 11.1 Å². The predicted molar refractivity (Wildman–Crippen MR) is 115 cm³/mol. The van der Waals surface area contributed by atoms with E-state index in [0.29, 0.717) is 26.9 Å². The molecule has 2 aromatic carbocycles. The zero-order valence-corrected chi connectivity index (χ0v) is 19.8. The fourth-order valence-corrected chi connectivity index (χ4v) is 3.78. The molecule has 1 N–H and O–H groups in total. The van der Waals surface area contributed by atoms with E-state index in [9.17, 15) is 9.59 Å². The van der Waals surface area contributed by atoms with Crippen LogP contribution < -0.4 is 33.9 Å². The number of Topliss-reactive ketones (excluding diaryl/α,β-unsaturated/α-hetero) is 2. The number of fused-ring (bicyclic) bond motifs is 1. The van der Waals surface area contributed by atoms with E-state index >= 15 is 0 Å². The summed E-state index contributed by atoms with van der Waals surface area (Å²) in [5.41, 5.74) is 3.75. The molecule has 4 rings (SSSR count). The molecule has 30 heavy (non-hydrogen) atoms. The highest BCUT2D eigenvalue weighted by atomic mass is 127. The minimum Gasteiger partial charge on any atom is -1.00 e. The van der Waals surface area contributed by atoms with Gasteiger partial charge in [0.2, 0.25) is 5.78 Å². The number of hydrogen-bond acceptors (Lipinski definition) is 3. The lowest BCUT2D eigenvalue weighted by Crippen LogP contribution is -3.00. The zero-order chi connectivity index (χ0) is 20.7. The minimum atomic E-state index is -0.257. The molecule has 1 heterocycles. The number of pyridine rings is 1. The lowest BCUT2D eigenvalue weighted by atomic mass is 9.90. The van der Waals surface area contributed by atoms with Crippen LogP contribution in [0.3, 0.4) is 0 Å². The van der Waals surface area contributed by atoms with Crippen molar-refractivity contribution < 1.29 is 38.1 Å². The van der Waals surface area contributed by atoms with E-state index in [4.69, 9.17) is 23.2 Å². The van der Waals surface area contributed by atoms with Gasteiger partial charge in [0.1, 0.15) is 0 Å². The summed E-state index contributed by atoms with van der Waals surface area (Å²) in [6, 6.07) is 13.8. The average molecular weight is 551 g/mol. The molecule has 4 nitrogen and oxygen atoms in total. The maximum absolute atomic E-state index is 13.4. The Morgan fingerprint density at radius 2 is 1.40 bits per heavy atom. The van der Waals surface area contributed by atoms with E-state index < -0.39 is 0 Å². The van der Waals surface area contributed by atoms with Crippen LogP contribution in [0.5, 0.6) is 0 Å². The second-order valence-corrected chi connectivity index (χ2v) is 7.79. The number of carbonyl (C=O) groups excluding carboxylic acids is 2. The first-order valence-electron chi connectivity index (χ1n) is 9.00. The summed E-state index contributed by atoms with van der Waals surface area (Å²) in [6.07, 6.45) is 3.66. The number of nitrogens with zero attached hydrogens (tertiary/aromatic N) is 1. The third kappa shape index (κ3) is 4.15. The van der Waals surface area contributed by atoms with Crippen LogP contribution in [0, 0.1) is 13.8 Å². The Balaban J connectivity index is 0.00000256. The molecule has 1 aromatic heterocycles. The average Bonchev–Trinajstić information content (AvgIpc) is 2.68. The van der Waals surface area contributed by atoms with Gasteiger partial charge in [-0.05, 0) is 38.1 Å². The molecule has 0 saturated carbocycles. The number of nitrogens with one attached hydrogen (secondary N) is 1. The fourth-order valence-electron chi connectivity index (χ4n) is 3.48. The molecule has 0 unspecified atom stereocenters. The largest absolute Gasteiger partial charge is 1.00 e. The van der Waals surface area contributed by atoms with Crippen molar-refractivity contribution in [3.8, 4) is 0 Å². The molecule has 0 bridgehead atoms. The Bertz CT molecular complexity index is 1200. The summed E-state index contributed by atoms with van der Waals surface area (Å²) in [5, 5.41) is 3.87. The van der Waals surface area contributed by atoms with Gasteiger partial charge in [-0.2, -0.15) is 4.57 Å². The molecular weight excluding hydrogens is 534 g/mol. The minimum absolute atomic E-state index is 0. The first-order valence-corrected chi connectivity index (χ1v) is 9.75. The predicted octanol–water partition coefficient (Wildman–Crippen LogP) is 2.26. The second-order valence-electron chi connectivity index (χ2n) is 6.98. The number of benzene rings is 2. The fraction of sp³-hybridized carbons (Fsp3) is 0.0870. The van der Waals surface area contributed by atoms with E-state index in [1.807, 2.05) is 32.3 Å². The van der Waals surface area contributed by atoms with Gasteiger partial charge in [-0.3, -0.25) is 9.59 Å². The molecule has 0 radical (unpaired) electrons. The van der Waals surface area contributed by atoms with Crippen molar-refractivity contribution in [2.75, 3.05) is 5.32 Å². The summed E-state index contributed by atoms with van der Waals surface area (Å²) in [4.78, 5) is 26.7. The van der Waals surface area contributed by atoms with Crippen molar-refractivity contribution in [1.82, 2.24) is 0 Å². The van der Waals surface area contributed by atoms with Crippen molar-refractivity contribution in [2.24, 2.45) is 0 Å². The number of anilines is 1. The summed E-state index contributed by atoms with van der Waals surface area (Å²) in [5.74, 6) is -0.481. The van der Waals surface area contributed by atoms with Crippen LogP contribution in [0.4, 0.5) is 5.69 Å². The summed E-state index contributed by atoms with van der Waals surface area (Å²) in [6.45, 7) is 3.89.